The number of carboxylic acid groups (broad SMARTS) is 1. The molecule has 25 heavy (non-hydrogen) atoms. The summed E-state index contributed by atoms with van der Waals surface area (Å²) >= 11 is 0. The minimum atomic E-state index is -1.47. The normalized spacial score (nSPS) is 10.3. The Balaban J connectivity index is 2.08. The predicted molar refractivity (Wildman–Crippen MR) is 90.2 cm³/mol. The van der Waals surface area contributed by atoms with Crippen LogP contribution in [0, 0.1) is 0 Å². The monoisotopic (exact) mass is 339 g/mol. The molecule has 0 heterocycles. The first-order valence-corrected chi connectivity index (χ1v) is 7.23. The molecular formula is C18H15N2O5-. The van der Waals surface area contributed by atoms with Gasteiger partial charge in [0, 0.05) is 29.1 Å². The van der Waals surface area contributed by atoms with Crippen molar-refractivity contribution < 1.29 is 24.2 Å². The summed E-state index contributed by atoms with van der Waals surface area (Å²) in [5, 5.41) is 15.5. The maximum Gasteiger partial charge on any atom is 0.255 e. The van der Waals surface area contributed by atoms with Gasteiger partial charge in [0.25, 0.3) is 5.91 Å². The van der Waals surface area contributed by atoms with Gasteiger partial charge in [-0.1, -0.05) is 12.1 Å². The molecule has 0 atom stereocenters. The molecule has 7 nitrogen and oxygen atoms in total. The van der Waals surface area contributed by atoms with Gasteiger partial charge in [-0.15, -0.1) is 0 Å². The molecule has 2 amide bonds. The lowest BCUT2D eigenvalue weighted by Crippen LogP contribution is -2.20. The molecule has 2 aromatic rings. The SMILES string of the molecule is COc1cccc(NC(=O)c2cccc(NC(=O)C=CC(=O)[O-])c2)c1. The summed E-state index contributed by atoms with van der Waals surface area (Å²) in [5.41, 5.74) is 1.24. The second kappa shape index (κ2) is 8.30. The van der Waals surface area contributed by atoms with Crippen molar-refractivity contribution in [3.63, 3.8) is 0 Å². The van der Waals surface area contributed by atoms with E-state index in [1.165, 1.54) is 13.2 Å². The zero-order valence-electron chi connectivity index (χ0n) is 13.3. The molecule has 0 unspecified atom stereocenters. The Labute approximate surface area is 143 Å². The van der Waals surface area contributed by atoms with Crippen LogP contribution in [0.1, 0.15) is 10.4 Å². The van der Waals surface area contributed by atoms with Crippen LogP contribution in [0.25, 0.3) is 0 Å². The van der Waals surface area contributed by atoms with Crippen LogP contribution in [-0.4, -0.2) is 24.9 Å². The average Bonchev–Trinajstić information content (AvgIpc) is 2.60. The van der Waals surface area contributed by atoms with Gasteiger partial charge in [-0.2, -0.15) is 0 Å². The van der Waals surface area contributed by atoms with Crippen molar-refractivity contribution in [2.45, 2.75) is 0 Å². The van der Waals surface area contributed by atoms with Crippen LogP contribution >= 0.6 is 0 Å². The van der Waals surface area contributed by atoms with Crippen molar-refractivity contribution in [2.24, 2.45) is 0 Å². The van der Waals surface area contributed by atoms with Crippen LogP contribution in [0.2, 0.25) is 0 Å². The zero-order valence-corrected chi connectivity index (χ0v) is 13.3. The zero-order chi connectivity index (χ0) is 18.2. The molecule has 0 saturated carbocycles. The standard InChI is InChI=1S/C18H16N2O5/c1-25-15-7-3-6-14(11-15)20-18(24)12-4-2-5-13(10-12)19-16(21)8-9-17(22)23/h2-11H,1H3,(H,19,21)(H,20,24)(H,22,23)/p-1. The molecule has 0 saturated heterocycles. The highest BCUT2D eigenvalue weighted by Crippen LogP contribution is 2.18. The molecule has 2 rings (SSSR count). The smallest absolute Gasteiger partial charge is 0.255 e. The van der Waals surface area contributed by atoms with Gasteiger partial charge in [0.2, 0.25) is 5.91 Å². The maximum atomic E-state index is 12.3. The molecule has 0 fully saturated rings. The van der Waals surface area contributed by atoms with E-state index in [0.29, 0.717) is 28.8 Å². The number of methoxy groups -OCH3 is 1. The Morgan fingerprint density at radius 1 is 0.960 bits per heavy atom. The number of nitrogens with one attached hydrogen (secondary N) is 2. The van der Waals surface area contributed by atoms with E-state index >= 15 is 0 Å². The molecule has 0 bridgehead atoms. The molecular weight excluding hydrogens is 324 g/mol. The molecule has 0 aliphatic rings. The Bertz CT molecular complexity index is 830. The van der Waals surface area contributed by atoms with Crippen molar-refractivity contribution >= 4 is 29.2 Å². The van der Waals surface area contributed by atoms with Gasteiger partial charge in [0.05, 0.1) is 13.1 Å². The molecule has 0 radical (unpaired) electrons. The maximum absolute atomic E-state index is 12.3. The largest absolute Gasteiger partial charge is 0.545 e. The fourth-order valence-corrected chi connectivity index (χ4v) is 1.97. The number of aliphatic carboxylic acids is 1. The summed E-state index contributed by atoms with van der Waals surface area (Å²) in [6.45, 7) is 0. The first kappa shape index (κ1) is 17.7. The van der Waals surface area contributed by atoms with E-state index in [1.807, 2.05) is 0 Å². The minimum absolute atomic E-state index is 0.324. The number of rotatable bonds is 6. The van der Waals surface area contributed by atoms with Gasteiger partial charge in [-0.05, 0) is 36.4 Å². The number of ether oxygens (including phenoxy) is 1. The number of carbonyl (C=O) groups is 3. The van der Waals surface area contributed by atoms with E-state index in [2.05, 4.69) is 10.6 Å². The molecule has 128 valence electrons. The third kappa shape index (κ3) is 5.51. The van der Waals surface area contributed by atoms with E-state index in [-0.39, 0.29) is 5.91 Å². The third-order valence-electron chi connectivity index (χ3n) is 3.09. The quantitative estimate of drug-likeness (QED) is 0.769. The fourth-order valence-electron chi connectivity index (χ4n) is 1.97. The Morgan fingerprint density at radius 3 is 2.32 bits per heavy atom. The average molecular weight is 339 g/mol. The number of amides is 2. The highest BCUT2D eigenvalue weighted by molar-refractivity contribution is 6.06. The summed E-state index contributed by atoms with van der Waals surface area (Å²) in [6.07, 6.45) is 1.45. The number of carboxylic acids is 1. The van der Waals surface area contributed by atoms with Crippen LogP contribution in [0.4, 0.5) is 11.4 Å². The van der Waals surface area contributed by atoms with Gasteiger partial charge >= 0.3 is 0 Å². The van der Waals surface area contributed by atoms with Gasteiger partial charge in [0.15, 0.2) is 0 Å². The molecule has 0 spiro atoms. The lowest BCUT2D eigenvalue weighted by atomic mass is 10.1. The summed E-state index contributed by atoms with van der Waals surface area (Å²) in [6, 6.07) is 13.1. The van der Waals surface area contributed by atoms with Gasteiger partial charge < -0.3 is 25.3 Å². The second-order valence-electron chi connectivity index (χ2n) is 4.91. The van der Waals surface area contributed by atoms with Crippen molar-refractivity contribution in [3.8, 4) is 5.75 Å². The number of carbonyl (C=O) groups excluding carboxylic acids is 3. The van der Waals surface area contributed by atoms with Crippen LogP contribution in [0.3, 0.4) is 0 Å². The van der Waals surface area contributed by atoms with Crippen LogP contribution < -0.4 is 20.5 Å². The number of anilines is 2. The molecule has 2 N–H and O–H groups in total. The van der Waals surface area contributed by atoms with E-state index in [9.17, 15) is 19.5 Å². The molecule has 0 aliphatic carbocycles. The number of hydrogen-bond acceptors (Lipinski definition) is 5. The van der Waals surface area contributed by atoms with Crippen molar-refractivity contribution in [1.29, 1.82) is 0 Å². The van der Waals surface area contributed by atoms with Crippen LogP contribution in [0.5, 0.6) is 5.75 Å². The summed E-state index contributed by atoms with van der Waals surface area (Å²) in [7, 11) is 1.53. The van der Waals surface area contributed by atoms with Gasteiger partial charge in [0.1, 0.15) is 5.75 Å². The highest BCUT2D eigenvalue weighted by Gasteiger charge is 2.08. The first-order valence-electron chi connectivity index (χ1n) is 7.23. The van der Waals surface area contributed by atoms with Crippen molar-refractivity contribution in [2.75, 3.05) is 17.7 Å². The van der Waals surface area contributed by atoms with E-state index in [1.54, 1.807) is 42.5 Å². The lowest BCUT2D eigenvalue weighted by molar-refractivity contribution is -0.297. The van der Waals surface area contributed by atoms with Crippen molar-refractivity contribution in [3.05, 3.63) is 66.2 Å². The number of benzene rings is 2. The molecule has 0 aromatic heterocycles. The summed E-state index contributed by atoms with van der Waals surface area (Å²) in [4.78, 5) is 34.1. The minimum Gasteiger partial charge on any atom is -0.545 e. The highest BCUT2D eigenvalue weighted by atomic mass is 16.5. The van der Waals surface area contributed by atoms with Gasteiger partial charge in [-0.3, -0.25) is 9.59 Å². The Morgan fingerprint density at radius 2 is 1.64 bits per heavy atom. The summed E-state index contributed by atoms with van der Waals surface area (Å²) < 4.78 is 5.09. The predicted octanol–water partition coefficient (Wildman–Crippen LogP) is 1.19. The fraction of sp³-hybridized carbons (Fsp3) is 0.0556. The van der Waals surface area contributed by atoms with Gasteiger partial charge in [-0.25, -0.2) is 0 Å². The van der Waals surface area contributed by atoms with E-state index < -0.39 is 11.9 Å². The van der Waals surface area contributed by atoms with Crippen LogP contribution in [0.15, 0.2) is 60.7 Å². The molecule has 7 heteroatoms. The third-order valence-corrected chi connectivity index (χ3v) is 3.09. The van der Waals surface area contributed by atoms with Crippen LogP contribution in [-0.2, 0) is 9.59 Å². The van der Waals surface area contributed by atoms with Crippen molar-refractivity contribution in [1.82, 2.24) is 0 Å². The second-order valence-corrected chi connectivity index (χ2v) is 4.91. The molecule has 0 aliphatic heterocycles. The topological polar surface area (TPSA) is 108 Å². The number of hydrogen-bond donors (Lipinski definition) is 2. The van der Waals surface area contributed by atoms with E-state index in [4.69, 9.17) is 4.74 Å². The molecule has 2 aromatic carbocycles. The summed E-state index contributed by atoms with van der Waals surface area (Å²) in [5.74, 6) is -1.87. The Kier molecular flexibility index (Phi) is 5.89. The van der Waals surface area contributed by atoms with E-state index in [0.717, 1.165) is 6.08 Å². The lowest BCUT2D eigenvalue weighted by Gasteiger charge is -2.08. The first-order chi connectivity index (χ1) is 12.0. The Hall–Kier alpha value is -3.61.